The topological polar surface area (TPSA) is 12.0 Å². The van der Waals surface area contributed by atoms with Crippen molar-refractivity contribution in [3.63, 3.8) is 0 Å². The third kappa shape index (κ3) is 12.2. The van der Waals surface area contributed by atoms with E-state index in [2.05, 4.69) is 26.1 Å². The summed E-state index contributed by atoms with van der Waals surface area (Å²) in [5.41, 5.74) is 0. The second-order valence-corrected chi connectivity index (χ2v) is 5.35. The summed E-state index contributed by atoms with van der Waals surface area (Å²) in [6.07, 6.45) is 15.2. The molecule has 104 valence electrons. The average molecular weight is 241 g/mol. The highest BCUT2D eigenvalue weighted by Crippen LogP contribution is 2.08. The van der Waals surface area contributed by atoms with E-state index < -0.39 is 0 Å². The Bertz CT molecular complexity index is 127. The van der Waals surface area contributed by atoms with Crippen LogP contribution in [0.4, 0.5) is 0 Å². The number of nitrogens with one attached hydrogen (secondary N) is 1. The summed E-state index contributed by atoms with van der Waals surface area (Å²) in [7, 11) is 0. The Morgan fingerprint density at radius 3 is 1.71 bits per heavy atom. The van der Waals surface area contributed by atoms with Crippen LogP contribution in [-0.2, 0) is 0 Å². The molecule has 0 unspecified atom stereocenters. The molecule has 0 saturated carbocycles. The van der Waals surface area contributed by atoms with Crippen LogP contribution in [0.1, 0.15) is 91.4 Å². The molecule has 0 spiro atoms. The van der Waals surface area contributed by atoms with Gasteiger partial charge >= 0.3 is 0 Å². The number of hydrogen-bond acceptors (Lipinski definition) is 1. The molecule has 17 heavy (non-hydrogen) atoms. The van der Waals surface area contributed by atoms with E-state index in [1.54, 1.807) is 0 Å². The van der Waals surface area contributed by atoms with Gasteiger partial charge in [-0.25, -0.2) is 0 Å². The largest absolute Gasteiger partial charge is 0.314 e. The van der Waals surface area contributed by atoms with Gasteiger partial charge in [0, 0.05) is 6.04 Å². The fraction of sp³-hybridized carbons (Fsp3) is 1.00. The van der Waals surface area contributed by atoms with Crippen molar-refractivity contribution in [3.8, 4) is 0 Å². The van der Waals surface area contributed by atoms with Crippen LogP contribution in [0.2, 0.25) is 0 Å². The van der Waals surface area contributed by atoms with E-state index in [1.165, 1.54) is 77.2 Å². The van der Waals surface area contributed by atoms with E-state index >= 15 is 0 Å². The summed E-state index contributed by atoms with van der Waals surface area (Å²) >= 11 is 0. The Labute approximate surface area is 110 Å². The Hall–Kier alpha value is -0.0400. The van der Waals surface area contributed by atoms with Gasteiger partial charge in [0.05, 0.1) is 0 Å². The Morgan fingerprint density at radius 2 is 1.18 bits per heavy atom. The SMILES string of the molecule is CCCCCCCCCNC(CCC)CCC. The highest BCUT2D eigenvalue weighted by atomic mass is 14.9. The lowest BCUT2D eigenvalue weighted by Crippen LogP contribution is -2.29. The smallest absolute Gasteiger partial charge is 0.00668 e. The lowest BCUT2D eigenvalue weighted by Gasteiger charge is -2.17. The molecule has 0 bridgehead atoms. The summed E-state index contributed by atoms with van der Waals surface area (Å²) in [6, 6.07) is 0.782. The van der Waals surface area contributed by atoms with Crippen LogP contribution in [0, 0.1) is 0 Å². The molecule has 1 N–H and O–H groups in total. The molecule has 1 heteroatoms. The molecule has 0 amide bonds. The van der Waals surface area contributed by atoms with Crippen molar-refractivity contribution in [2.75, 3.05) is 6.54 Å². The van der Waals surface area contributed by atoms with Crippen LogP contribution < -0.4 is 5.32 Å². The van der Waals surface area contributed by atoms with Crippen molar-refractivity contribution in [2.24, 2.45) is 0 Å². The molecule has 0 atom stereocenters. The van der Waals surface area contributed by atoms with Crippen molar-refractivity contribution in [3.05, 3.63) is 0 Å². The Morgan fingerprint density at radius 1 is 0.647 bits per heavy atom. The molecule has 0 aliphatic heterocycles. The molecule has 0 aromatic heterocycles. The molecule has 0 aliphatic rings. The molecular weight excluding hydrogens is 206 g/mol. The summed E-state index contributed by atoms with van der Waals surface area (Å²) < 4.78 is 0. The van der Waals surface area contributed by atoms with Crippen LogP contribution in [0.25, 0.3) is 0 Å². The van der Waals surface area contributed by atoms with Gasteiger partial charge in [-0.3, -0.25) is 0 Å². The van der Waals surface area contributed by atoms with Crippen molar-refractivity contribution in [1.82, 2.24) is 5.32 Å². The average Bonchev–Trinajstić information content (AvgIpc) is 2.33. The summed E-state index contributed by atoms with van der Waals surface area (Å²) in [5.74, 6) is 0. The van der Waals surface area contributed by atoms with Crippen LogP contribution in [0.3, 0.4) is 0 Å². The Balaban J connectivity index is 3.23. The minimum atomic E-state index is 0.782. The van der Waals surface area contributed by atoms with Crippen molar-refractivity contribution >= 4 is 0 Å². The first-order chi connectivity index (χ1) is 8.35. The fourth-order valence-corrected chi connectivity index (χ4v) is 2.43. The molecule has 0 radical (unpaired) electrons. The first-order valence-electron chi connectivity index (χ1n) is 8.08. The zero-order valence-electron chi connectivity index (χ0n) is 12.6. The highest BCUT2D eigenvalue weighted by molar-refractivity contribution is 4.65. The molecule has 0 rings (SSSR count). The summed E-state index contributed by atoms with van der Waals surface area (Å²) in [6.45, 7) is 8.10. The van der Waals surface area contributed by atoms with Crippen molar-refractivity contribution in [1.29, 1.82) is 0 Å². The molecule has 0 aromatic rings. The molecule has 0 heterocycles. The maximum absolute atomic E-state index is 3.72. The minimum absolute atomic E-state index is 0.782. The number of unbranched alkanes of at least 4 members (excludes halogenated alkanes) is 6. The molecule has 1 nitrogen and oxygen atoms in total. The number of rotatable bonds is 13. The van der Waals surface area contributed by atoms with Crippen LogP contribution in [-0.4, -0.2) is 12.6 Å². The molecule has 0 aliphatic carbocycles. The normalized spacial score (nSPS) is 11.3. The maximum Gasteiger partial charge on any atom is 0.00668 e. The zero-order valence-corrected chi connectivity index (χ0v) is 12.6. The third-order valence-corrected chi connectivity index (χ3v) is 3.49. The zero-order chi connectivity index (χ0) is 12.8. The molecular formula is C16H35N. The first-order valence-corrected chi connectivity index (χ1v) is 8.08. The van der Waals surface area contributed by atoms with Gasteiger partial charge in [0.15, 0.2) is 0 Å². The van der Waals surface area contributed by atoms with Crippen LogP contribution in [0.5, 0.6) is 0 Å². The van der Waals surface area contributed by atoms with Gasteiger partial charge in [-0.05, 0) is 25.8 Å². The standard InChI is InChI=1S/C16H35N/c1-4-7-8-9-10-11-12-15-17-16(13-5-2)14-6-3/h16-17H,4-15H2,1-3H3. The Kier molecular flexibility index (Phi) is 14.0. The maximum atomic E-state index is 3.72. The lowest BCUT2D eigenvalue weighted by atomic mass is 10.1. The van der Waals surface area contributed by atoms with Gasteiger partial charge < -0.3 is 5.32 Å². The van der Waals surface area contributed by atoms with Crippen molar-refractivity contribution < 1.29 is 0 Å². The van der Waals surface area contributed by atoms with E-state index in [-0.39, 0.29) is 0 Å². The quantitative estimate of drug-likeness (QED) is 0.432. The second-order valence-electron chi connectivity index (χ2n) is 5.35. The second kappa shape index (κ2) is 14.0. The van der Waals surface area contributed by atoms with Gasteiger partial charge in [0.25, 0.3) is 0 Å². The minimum Gasteiger partial charge on any atom is -0.314 e. The van der Waals surface area contributed by atoms with Gasteiger partial charge in [-0.15, -0.1) is 0 Å². The van der Waals surface area contributed by atoms with Crippen LogP contribution in [0.15, 0.2) is 0 Å². The van der Waals surface area contributed by atoms with E-state index in [1.807, 2.05) is 0 Å². The third-order valence-electron chi connectivity index (χ3n) is 3.49. The first kappa shape index (κ1) is 17.0. The molecule has 0 saturated heterocycles. The van der Waals surface area contributed by atoms with Gasteiger partial charge in [-0.2, -0.15) is 0 Å². The predicted octanol–water partition coefficient (Wildman–Crippen LogP) is 5.30. The lowest BCUT2D eigenvalue weighted by molar-refractivity contribution is 0.434. The van der Waals surface area contributed by atoms with E-state index in [0.717, 1.165) is 6.04 Å². The van der Waals surface area contributed by atoms with Gasteiger partial charge in [-0.1, -0.05) is 72.1 Å². The van der Waals surface area contributed by atoms with E-state index in [4.69, 9.17) is 0 Å². The molecule has 0 fully saturated rings. The molecule has 0 aromatic carbocycles. The van der Waals surface area contributed by atoms with E-state index in [9.17, 15) is 0 Å². The van der Waals surface area contributed by atoms with Gasteiger partial charge in [0.1, 0.15) is 0 Å². The fourth-order valence-electron chi connectivity index (χ4n) is 2.43. The van der Waals surface area contributed by atoms with Crippen molar-refractivity contribution in [2.45, 2.75) is 97.4 Å². The predicted molar refractivity (Wildman–Crippen MR) is 79.6 cm³/mol. The summed E-state index contributed by atoms with van der Waals surface area (Å²) in [4.78, 5) is 0. The van der Waals surface area contributed by atoms with Gasteiger partial charge in [0.2, 0.25) is 0 Å². The highest BCUT2D eigenvalue weighted by Gasteiger charge is 2.04. The van der Waals surface area contributed by atoms with E-state index in [0.29, 0.717) is 0 Å². The summed E-state index contributed by atoms with van der Waals surface area (Å²) in [5, 5.41) is 3.72. The monoisotopic (exact) mass is 241 g/mol. The number of hydrogen-bond donors (Lipinski definition) is 1. The van der Waals surface area contributed by atoms with Crippen LogP contribution >= 0.6 is 0 Å².